The van der Waals surface area contributed by atoms with Gasteiger partial charge in [0.15, 0.2) is 0 Å². The summed E-state index contributed by atoms with van der Waals surface area (Å²) < 4.78 is 0. The molecule has 0 bridgehead atoms. The molecule has 0 aliphatic heterocycles. The molecule has 0 saturated carbocycles. The quantitative estimate of drug-likeness (QED) is 0.700. The van der Waals surface area contributed by atoms with Crippen molar-refractivity contribution in [2.75, 3.05) is 0 Å². The molecule has 2 aromatic rings. The number of aromatic amines is 2. The first-order valence-corrected chi connectivity index (χ1v) is 5.63. The maximum atomic E-state index is 11.8. The van der Waals surface area contributed by atoms with Crippen LogP contribution in [-0.2, 0) is 12.8 Å². The van der Waals surface area contributed by atoms with Gasteiger partial charge in [-0.25, -0.2) is 9.97 Å². The second-order valence-electron chi connectivity index (χ2n) is 4.21. The molecule has 0 aromatic carbocycles. The van der Waals surface area contributed by atoms with Gasteiger partial charge in [0.25, 0.3) is 5.91 Å². The number of carbonyl (C=O) groups excluding carboxylic acids is 1. The Bertz CT molecular complexity index is 516. The molecule has 1 unspecified atom stereocenters. The highest BCUT2D eigenvalue weighted by Gasteiger charge is 2.22. The van der Waals surface area contributed by atoms with Gasteiger partial charge >= 0.3 is 0 Å². The summed E-state index contributed by atoms with van der Waals surface area (Å²) in [5.41, 5.74) is 2.75. The first kappa shape index (κ1) is 10.1. The van der Waals surface area contributed by atoms with Gasteiger partial charge < -0.3 is 15.3 Å². The van der Waals surface area contributed by atoms with Gasteiger partial charge in [-0.05, 0) is 12.8 Å². The molecule has 1 aliphatic rings. The molecule has 2 heterocycles. The van der Waals surface area contributed by atoms with Crippen LogP contribution in [0.5, 0.6) is 0 Å². The molecule has 3 N–H and O–H groups in total. The smallest absolute Gasteiger partial charge is 0.269 e. The lowest BCUT2D eigenvalue weighted by molar-refractivity contribution is 0.0929. The highest BCUT2D eigenvalue weighted by Crippen LogP contribution is 2.17. The van der Waals surface area contributed by atoms with Gasteiger partial charge in [0.2, 0.25) is 0 Å². The minimum atomic E-state index is -0.101. The zero-order valence-electron chi connectivity index (χ0n) is 9.23. The summed E-state index contributed by atoms with van der Waals surface area (Å²) >= 11 is 0. The lowest BCUT2D eigenvalue weighted by Crippen LogP contribution is -2.39. The third-order valence-corrected chi connectivity index (χ3v) is 3.07. The van der Waals surface area contributed by atoms with Crippen LogP contribution in [0.1, 0.15) is 28.3 Å². The third kappa shape index (κ3) is 1.93. The number of aromatic nitrogens is 4. The number of hydrogen-bond donors (Lipinski definition) is 3. The van der Waals surface area contributed by atoms with Crippen molar-refractivity contribution in [2.45, 2.75) is 25.3 Å². The molecule has 0 fully saturated rings. The zero-order chi connectivity index (χ0) is 11.7. The van der Waals surface area contributed by atoms with Crippen LogP contribution in [0.3, 0.4) is 0 Å². The van der Waals surface area contributed by atoms with Crippen molar-refractivity contribution in [3.63, 3.8) is 0 Å². The molecular weight excluding hydrogens is 218 g/mol. The number of aryl methyl sites for hydroxylation is 1. The van der Waals surface area contributed by atoms with E-state index in [9.17, 15) is 4.79 Å². The lowest BCUT2D eigenvalue weighted by atomic mass is 9.96. The number of carbonyl (C=O) groups is 1. The van der Waals surface area contributed by atoms with Crippen molar-refractivity contribution < 1.29 is 4.79 Å². The summed E-state index contributed by atoms with van der Waals surface area (Å²) in [6.07, 6.45) is 7.39. The van der Waals surface area contributed by atoms with E-state index in [1.54, 1.807) is 6.33 Å². The maximum Gasteiger partial charge on any atom is 0.269 e. The summed E-state index contributed by atoms with van der Waals surface area (Å²) in [6.45, 7) is 0. The van der Waals surface area contributed by atoms with Crippen molar-refractivity contribution in [1.82, 2.24) is 25.3 Å². The fourth-order valence-corrected chi connectivity index (χ4v) is 2.17. The monoisotopic (exact) mass is 231 g/mol. The third-order valence-electron chi connectivity index (χ3n) is 3.07. The minimum absolute atomic E-state index is 0.101. The van der Waals surface area contributed by atoms with Crippen LogP contribution in [0.4, 0.5) is 0 Å². The molecule has 6 heteroatoms. The van der Waals surface area contributed by atoms with E-state index in [1.165, 1.54) is 12.5 Å². The van der Waals surface area contributed by atoms with E-state index in [2.05, 4.69) is 25.3 Å². The first-order valence-electron chi connectivity index (χ1n) is 5.63. The first-order chi connectivity index (χ1) is 8.33. The Labute approximate surface area is 97.9 Å². The molecule has 1 aliphatic carbocycles. The van der Waals surface area contributed by atoms with Crippen LogP contribution < -0.4 is 5.32 Å². The maximum absolute atomic E-state index is 11.8. The SMILES string of the molecule is O=C(NC1CCc2nc[nH]c2C1)c1cnc[nH]1. The number of imidazole rings is 2. The van der Waals surface area contributed by atoms with Crippen LogP contribution >= 0.6 is 0 Å². The Balaban J connectivity index is 1.66. The van der Waals surface area contributed by atoms with E-state index in [-0.39, 0.29) is 11.9 Å². The molecule has 0 spiro atoms. The van der Waals surface area contributed by atoms with E-state index in [0.29, 0.717) is 5.69 Å². The van der Waals surface area contributed by atoms with Gasteiger partial charge in [-0.1, -0.05) is 0 Å². The van der Waals surface area contributed by atoms with Gasteiger partial charge in [-0.15, -0.1) is 0 Å². The minimum Gasteiger partial charge on any atom is -0.348 e. The van der Waals surface area contributed by atoms with Gasteiger partial charge in [0.1, 0.15) is 5.69 Å². The summed E-state index contributed by atoms with van der Waals surface area (Å²) in [4.78, 5) is 25.8. The van der Waals surface area contributed by atoms with Crippen molar-refractivity contribution in [1.29, 1.82) is 0 Å². The Morgan fingerprint density at radius 3 is 3.18 bits per heavy atom. The number of H-pyrrole nitrogens is 2. The van der Waals surface area contributed by atoms with Gasteiger partial charge in [0.05, 0.1) is 24.5 Å². The molecule has 3 rings (SSSR count). The van der Waals surface area contributed by atoms with Crippen LogP contribution in [0.25, 0.3) is 0 Å². The highest BCUT2D eigenvalue weighted by atomic mass is 16.1. The van der Waals surface area contributed by atoms with E-state index in [1.807, 2.05) is 0 Å². The number of nitrogens with zero attached hydrogens (tertiary/aromatic N) is 2. The topological polar surface area (TPSA) is 86.5 Å². The fraction of sp³-hybridized carbons (Fsp3) is 0.364. The molecule has 6 nitrogen and oxygen atoms in total. The Hall–Kier alpha value is -2.11. The molecule has 1 amide bonds. The standard InChI is InChI=1S/C11H13N5O/c17-11(10-4-12-5-13-10)16-7-1-2-8-9(3-7)15-6-14-8/h4-7H,1-3H2,(H,12,13)(H,14,15)(H,16,17). The summed E-state index contributed by atoms with van der Waals surface area (Å²) in [7, 11) is 0. The van der Waals surface area contributed by atoms with Crippen LogP contribution in [0.2, 0.25) is 0 Å². The lowest BCUT2D eigenvalue weighted by Gasteiger charge is -2.22. The molecule has 0 radical (unpaired) electrons. The molecule has 17 heavy (non-hydrogen) atoms. The summed E-state index contributed by atoms with van der Waals surface area (Å²) in [6, 6.07) is 0.166. The van der Waals surface area contributed by atoms with Crippen LogP contribution in [0.15, 0.2) is 18.9 Å². The number of rotatable bonds is 2. The van der Waals surface area contributed by atoms with Crippen LogP contribution in [0, 0.1) is 0 Å². The predicted octanol–water partition coefficient (Wildman–Crippen LogP) is 0.420. The predicted molar refractivity (Wildman–Crippen MR) is 60.5 cm³/mol. The number of amides is 1. The fourth-order valence-electron chi connectivity index (χ4n) is 2.17. The number of nitrogens with one attached hydrogen (secondary N) is 3. The molecule has 1 atom stereocenters. The average Bonchev–Trinajstić information content (AvgIpc) is 2.99. The van der Waals surface area contributed by atoms with Gasteiger partial charge in [-0.2, -0.15) is 0 Å². The molecular formula is C11H13N5O. The van der Waals surface area contributed by atoms with Crippen molar-refractivity contribution in [2.24, 2.45) is 0 Å². The largest absolute Gasteiger partial charge is 0.348 e. The molecule has 2 aromatic heterocycles. The van der Waals surface area contributed by atoms with Gasteiger partial charge in [0, 0.05) is 18.2 Å². The van der Waals surface area contributed by atoms with Crippen LogP contribution in [-0.4, -0.2) is 31.9 Å². The normalized spacial score (nSPS) is 18.7. The number of hydrogen-bond acceptors (Lipinski definition) is 3. The number of fused-ring (bicyclic) bond motifs is 1. The summed E-state index contributed by atoms with van der Waals surface area (Å²) in [5, 5.41) is 2.99. The molecule has 88 valence electrons. The Morgan fingerprint density at radius 1 is 1.41 bits per heavy atom. The van der Waals surface area contributed by atoms with E-state index in [4.69, 9.17) is 0 Å². The second kappa shape index (κ2) is 4.04. The van der Waals surface area contributed by atoms with E-state index >= 15 is 0 Å². The molecule has 0 saturated heterocycles. The van der Waals surface area contributed by atoms with Crippen molar-refractivity contribution >= 4 is 5.91 Å². The van der Waals surface area contributed by atoms with E-state index in [0.717, 1.165) is 30.7 Å². The average molecular weight is 231 g/mol. The highest BCUT2D eigenvalue weighted by molar-refractivity contribution is 5.92. The van der Waals surface area contributed by atoms with Crippen molar-refractivity contribution in [3.05, 3.63) is 35.9 Å². The van der Waals surface area contributed by atoms with Crippen molar-refractivity contribution in [3.8, 4) is 0 Å². The second-order valence-corrected chi connectivity index (χ2v) is 4.21. The van der Waals surface area contributed by atoms with Gasteiger partial charge in [-0.3, -0.25) is 4.79 Å². The Kier molecular flexibility index (Phi) is 2.40. The summed E-state index contributed by atoms with van der Waals surface area (Å²) in [5.74, 6) is -0.101. The van der Waals surface area contributed by atoms with E-state index < -0.39 is 0 Å². The zero-order valence-corrected chi connectivity index (χ0v) is 9.23. The Morgan fingerprint density at radius 2 is 2.35 bits per heavy atom.